The Labute approximate surface area is 192 Å². The second kappa shape index (κ2) is 11.0. The summed E-state index contributed by atoms with van der Waals surface area (Å²) >= 11 is 1.45. The van der Waals surface area contributed by atoms with Crippen LogP contribution in [0.4, 0.5) is 0 Å². The van der Waals surface area contributed by atoms with Crippen LogP contribution in [-0.2, 0) is 24.4 Å². The first kappa shape index (κ1) is 22.2. The van der Waals surface area contributed by atoms with E-state index in [0.29, 0.717) is 18.0 Å². The lowest BCUT2D eigenvalue weighted by Gasteiger charge is -2.15. The number of hydrogen-bond acceptors (Lipinski definition) is 6. The number of thioether (sulfide) groups is 1. The highest BCUT2D eigenvalue weighted by Gasteiger charge is 2.20. The molecule has 0 saturated carbocycles. The molecular weight excluding hydrogens is 424 g/mol. The fraction of sp³-hybridized carbons (Fsp3) is 0.375. The van der Waals surface area contributed by atoms with Crippen molar-refractivity contribution in [3.8, 4) is 11.5 Å². The summed E-state index contributed by atoms with van der Waals surface area (Å²) in [5.74, 6) is 2.73. The van der Waals surface area contributed by atoms with E-state index >= 15 is 0 Å². The quantitative estimate of drug-likeness (QED) is 0.436. The lowest BCUT2D eigenvalue weighted by molar-refractivity contribution is -0.127. The first-order chi connectivity index (χ1) is 15.7. The molecule has 0 bridgehead atoms. The number of amides is 1. The summed E-state index contributed by atoms with van der Waals surface area (Å²) in [6, 6.07) is 17.8. The Morgan fingerprint density at radius 3 is 2.59 bits per heavy atom. The maximum absolute atomic E-state index is 12.5. The normalized spacial score (nSPS) is 13.3. The summed E-state index contributed by atoms with van der Waals surface area (Å²) in [5, 5.41) is 9.49. The van der Waals surface area contributed by atoms with Gasteiger partial charge in [-0.25, -0.2) is 0 Å². The highest BCUT2D eigenvalue weighted by Crippen LogP contribution is 2.23. The minimum absolute atomic E-state index is 0.166. The van der Waals surface area contributed by atoms with Crippen LogP contribution in [0.25, 0.3) is 0 Å². The number of carbonyl (C=O) groups excluding carboxylic acids is 1. The highest BCUT2D eigenvalue weighted by molar-refractivity contribution is 7.99. The smallest absolute Gasteiger partial charge is 0.233 e. The van der Waals surface area contributed by atoms with Crippen molar-refractivity contribution in [1.29, 1.82) is 0 Å². The molecule has 1 amide bonds. The van der Waals surface area contributed by atoms with Crippen LogP contribution in [0.2, 0.25) is 0 Å². The van der Waals surface area contributed by atoms with Gasteiger partial charge in [0.25, 0.3) is 0 Å². The van der Waals surface area contributed by atoms with E-state index in [4.69, 9.17) is 9.47 Å². The molecule has 8 heteroatoms. The molecule has 2 heterocycles. The van der Waals surface area contributed by atoms with Gasteiger partial charge in [-0.3, -0.25) is 4.79 Å². The lowest BCUT2D eigenvalue weighted by Crippen LogP contribution is -2.29. The number of likely N-dealkylation sites (tertiary alicyclic amines) is 1. The van der Waals surface area contributed by atoms with Gasteiger partial charge in [-0.2, -0.15) is 0 Å². The van der Waals surface area contributed by atoms with Crippen LogP contribution >= 0.6 is 11.8 Å². The maximum Gasteiger partial charge on any atom is 0.233 e. The van der Waals surface area contributed by atoms with Crippen molar-refractivity contribution in [3.63, 3.8) is 0 Å². The van der Waals surface area contributed by atoms with Gasteiger partial charge in [0.05, 0.1) is 12.9 Å². The van der Waals surface area contributed by atoms with Crippen molar-refractivity contribution >= 4 is 17.7 Å². The van der Waals surface area contributed by atoms with Crippen molar-refractivity contribution in [2.75, 3.05) is 26.0 Å². The van der Waals surface area contributed by atoms with Crippen LogP contribution < -0.4 is 9.47 Å². The second-order valence-corrected chi connectivity index (χ2v) is 8.57. The van der Waals surface area contributed by atoms with Crippen LogP contribution in [0.1, 0.15) is 24.2 Å². The third-order valence-corrected chi connectivity index (χ3v) is 6.40. The zero-order valence-electron chi connectivity index (χ0n) is 18.3. The fourth-order valence-electron chi connectivity index (χ4n) is 3.67. The molecule has 7 nitrogen and oxygen atoms in total. The molecule has 0 radical (unpaired) electrons. The highest BCUT2D eigenvalue weighted by atomic mass is 32.2. The standard InChI is InChI=1S/C24H28N4O3S/c1-30-20-10-7-11-21(16-20)31-17-22-25-26-24(32-18-23(29)27-13-5-6-14-27)28(22)15-12-19-8-3-2-4-9-19/h2-4,7-11,16H,5-6,12-15,17-18H2,1H3. The molecule has 0 spiro atoms. The van der Waals surface area contributed by atoms with Crippen molar-refractivity contribution in [2.45, 2.75) is 37.6 Å². The topological polar surface area (TPSA) is 69.5 Å². The van der Waals surface area contributed by atoms with Gasteiger partial charge in [0.15, 0.2) is 11.0 Å². The lowest BCUT2D eigenvalue weighted by atomic mass is 10.1. The fourth-order valence-corrected chi connectivity index (χ4v) is 4.55. The average molecular weight is 453 g/mol. The maximum atomic E-state index is 12.5. The molecule has 3 aromatic rings. The SMILES string of the molecule is COc1cccc(OCc2nnc(SCC(=O)N3CCCC3)n2CCc2ccccc2)c1. The number of benzene rings is 2. The zero-order valence-corrected chi connectivity index (χ0v) is 19.1. The predicted octanol–water partition coefficient (Wildman–Crippen LogP) is 3.82. The van der Waals surface area contributed by atoms with E-state index in [1.54, 1.807) is 7.11 Å². The Morgan fingerprint density at radius 2 is 1.81 bits per heavy atom. The Morgan fingerprint density at radius 1 is 1.03 bits per heavy atom. The van der Waals surface area contributed by atoms with E-state index in [1.807, 2.05) is 47.4 Å². The van der Waals surface area contributed by atoms with Crippen LogP contribution in [0, 0.1) is 0 Å². The number of nitrogens with zero attached hydrogens (tertiary/aromatic N) is 4. The molecule has 4 rings (SSSR count). The van der Waals surface area contributed by atoms with Gasteiger partial charge in [-0.15, -0.1) is 10.2 Å². The number of methoxy groups -OCH3 is 1. The largest absolute Gasteiger partial charge is 0.497 e. The Balaban J connectivity index is 1.45. The number of aryl methyl sites for hydroxylation is 1. The molecular formula is C24H28N4O3S. The molecule has 168 valence electrons. The predicted molar refractivity (Wildman–Crippen MR) is 124 cm³/mol. The van der Waals surface area contributed by atoms with E-state index in [0.717, 1.165) is 49.1 Å². The summed E-state index contributed by atoms with van der Waals surface area (Å²) in [5.41, 5.74) is 1.24. The summed E-state index contributed by atoms with van der Waals surface area (Å²) in [4.78, 5) is 14.4. The minimum atomic E-state index is 0.166. The molecule has 1 saturated heterocycles. The number of hydrogen-bond donors (Lipinski definition) is 0. The molecule has 1 aromatic heterocycles. The van der Waals surface area contributed by atoms with E-state index < -0.39 is 0 Å². The summed E-state index contributed by atoms with van der Waals surface area (Å²) in [6.45, 7) is 2.73. The summed E-state index contributed by atoms with van der Waals surface area (Å²) in [6.07, 6.45) is 3.03. The Hall–Kier alpha value is -3.00. The molecule has 0 N–H and O–H groups in total. The van der Waals surface area contributed by atoms with Gasteiger partial charge in [0.1, 0.15) is 18.1 Å². The van der Waals surface area contributed by atoms with Gasteiger partial charge in [-0.05, 0) is 37.0 Å². The number of ether oxygens (including phenoxy) is 2. The Bertz CT molecular complexity index is 1020. The third-order valence-electron chi connectivity index (χ3n) is 5.45. The number of rotatable bonds is 10. The van der Waals surface area contributed by atoms with Crippen LogP contribution in [-0.4, -0.2) is 51.5 Å². The monoisotopic (exact) mass is 452 g/mol. The number of carbonyl (C=O) groups is 1. The molecule has 1 fully saturated rings. The van der Waals surface area contributed by atoms with Gasteiger partial charge in [-0.1, -0.05) is 48.2 Å². The van der Waals surface area contributed by atoms with Gasteiger partial charge < -0.3 is 18.9 Å². The molecule has 0 atom stereocenters. The van der Waals surface area contributed by atoms with Crippen molar-refractivity contribution in [2.24, 2.45) is 0 Å². The van der Waals surface area contributed by atoms with E-state index in [-0.39, 0.29) is 12.5 Å². The van der Waals surface area contributed by atoms with E-state index in [9.17, 15) is 4.79 Å². The van der Waals surface area contributed by atoms with Crippen LogP contribution in [0.15, 0.2) is 59.8 Å². The summed E-state index contributed by atoms with van der Waals surface area (Å²) in [7, 11) is 1.63. The second-order valence-electron chi connectivity index (χ2n) is 7.63. The molecule has 32 heavy (non-hydrogen) atoms. The first-order valence-electron chi connectivity index (χ1n) is 10.9. The van der Waals surface area contributed by atoms with Crippen molar-refractivity contribution in [3.05, 3.63) is 66.0 Å². The zero-order chi connectivity index (χ0) is 22.2. The van der Waals surface area contributed by atoms with Crippen LogP contribution in [0.3, 0.4) is 0 Å². The van der Waals surface area contributed by atoms with Crippen LogP contribution in [0.5, 0.6) is 11.5 Å². The minimum Gasteiger partial charge on any atom is -0.497 e. The van der Waals surface area contributed by atoms with Gasteiger partial charge >= 0.3 is 0 Å². The van der Waals surface area contributed by atoms with Gasteiger partial charge in [0.2, 0.25) is 5.91 Å². The average Bonchev–Trinajstić information content (AvgIpc) is 3.51. The van der Waals surface area contributed by atoms with Gasteiger partial charge in [0, 0.05) is 25.7 Å². The molecule has 0 unspecified atom stereocenters. The van der Waals surface area contributed by atoms with E-state index in [2.05, 4.69) is 26.9 Å². The first-order valence-corrected chi connectivity index (χ1v) is 11.8. The van der Waals surface area contributed by atoms with Crippen molar-refractivity contribution in [1.82, 2.24) is 19.7 Å². The Kier molecular flexibility index (Phi) is 7.66. The molecule has 1 aliphatic heterocycles. The molecule has 0 aliphatic carbocycles. The summed E-state index contributed by atoms with van der Waals surface area (Å²) < 4.78 is 13.3. The van der Waals surface area contributed by atoms with Crippen molar-refractivity contribution < 1.29 is 14.3 Å². The molecule has 2 aromatic carbocycles. The third kappa shape index (κ3) is 5.82. The molecule has 1 aliphatic rings. The number of aromatic nitrogens is 3. The van der Waals surface area contributed by atoms with E-state index in [1.165, 1.54) is 17.3 Å².